The summed E-state index contributed by atoms with van der Waals surface area (Å²) in [5.74, 6) is 0.813. The zero-order chi connectivity index (χ0) is 14.1. The second-order valence-corrected chi connectivity index (χ2v) is 6.09. The molecule has 2 N–H and O–H groups in total. The van der Waals surface area contributed by atoms with Crippen molar-refractivity contribution >= 4 is 10.8 Å². The summed E-state index contributed by atoms with van der Waals surface area (Å²) in [6.07, 6.45) is 2.69. The van der Waals surface area contributed by atoms with E-state index in [0.29, 0.717) is 12.1 Å². The van der Waals surface area contributed by atoms with Gasteiger partial charge in [0, 0.05) is 18.6 Å². The highest BCUT2D eigenvalue weighted by atomic mass is 15.2. The predicted octanol–water partition coefficient (Wildman–Crippen LogP) is 3.57. The quantitative estimate of drug-likeness (QED) is 0.898. The van der Waals surface area contributed by atoms with Crippen LogP contribution < -0.4 is 5.73 Å². The highest BCUT2D eigenvalue weighted by molar-refractivity contribution is 5.83. The molecule has 2 unspecified atom stereocenters. The van der Waals surface area contributed by atoms with Gasteiger partial charge in [0.25, 0.3) is 0 Å². The molecule has 1 fully saturated rings. The minimum atomic E-state index is 0.411. The zero-order valence-electron chi connectivity index (χ0n) is 12.4. The average molecular weight is 268 g/mol. The van der Waals surface area contributed by atoms with Crippen molar-refractivity contribution < 1.29 is 0 Å². The molecule has 0 spiro atoms. The van der Waals surface area contributed by atoms with Crippen molar-refractivity contribution in [2.75, 3.05) is 13.6 Å². The third-order valence-electron chi connectivity index (χ3n) is 4.80. The largest absolute Gasteiger partial charge is 0.329 e. The molecule has 1 aliphatic carbocycles. The Labute approximate surface area is 121 Å². The molecule has 3 rings (SSSR count). The molecule has 0 amide bonds. The molecule has 2 aromatic carbocycles. The third kappa shape index (κ3) is 2.58. The Morgan fingerprint density at radius 2 is 1.85 bits per heavy atom. The summed E-state index contributed by atoms with van der Waals surface area (Å²) in [6.45, 7) is 3.05. The van der Waals surface area contributed by atoms with E-state index in [-0.39, 0.29) is 0 Å². The number of hydrogen-bond acceptors (Lipinski definition) is 2. The first-order valence-electron chi connectivity index (χ1n) is 7.61. The van der Waals surface area contributed by atoms with Crippen LogP contribution in [0.5, 0.6) is 0 Å². The van der Waals surface area contributed by atoms with Crippen LogP contribution in [0.2, 0.25) is 0 Å². The second kappa shape index (κ2) is 5.55. The summed E-state index contributed by atoms with van der Waals surface area (Å²) in [6, 6.07) is 16.3. The van der Waals surface area contributed by atoms with E-state index in [1.807, 2.05) is 0 Å². The maximum atomic E-state index is 5.98. The van der Waals surface area contributed by atoms with Crippen LogP contribution in [0.3, 0.4) is 0 Å². The normalized spacial score (nSPS) is 18.4. The van der Waals surface area contributed by atoms with Gasteiger partial charge in [0.05, 0.1) is 0 Å². The van der Waals surface area contributed by atoms with Crippen LogP contribution in [-0.4, -0.2) is 24.5 Å². The van der Waals surface area contributed by atoms with Gasteiger partial charge in [-0.05, 0) is 55.1 Å². The molecule has 2 atom stereocenters. The van der Waals surface area contributed by atoms with E-state index >= 15 is 0 Å². The van der Waals surface area contributed by atoms with Crippen LogP contribution in [-0.2, 0) is 0 Å². The average Bonchev–Trinajstić information content (AvgIpc) is 3.31. The molecule has 0 radical (unpaired) electrons. The van der Waals surface area contributed by atoms with Gasteiger partial charge in [0.15, 0.2) is 0 Å². The fourth-order valence-electron chi connectivity index (χ4n) is 3.16. The van der Waals surface area contributed by atoms with Gasteiger partial charge in [-0.2, -0.15) is 0 Å². The fraction of sp³-hybridized carbons (Fsp3) is 0.444. The van der Waals surface area contributed by atoms with E-state index in [1.165, 1.54) is 29.2 Å². The van der Waals surface area contributed by atoms with E-state index in [1.54, 1.807) is 0 Å². The van der Waals surface area contributed by atoms with Crippen molar-refractivity contribution in [2.45, 2.75) is 31.8 Å². The lowest BCUT2D eigenvalue weighted by Crippen LogP contribution is -2.41. The monoisotopic (exact) mass is 268 g/mol. The Hall–Kier alpha value is -1.38. The first-order chi connectivity index (χ1) is 9.70. The Balaban J connectivity index is 1.85. The molecule has 2 heteroatoms. The Kier molecular flexibility index (Phi) is 3.77. The number of hydrogen-bond donors (Lipinski definition) is 1. The minimum Gasteiger partial charge on any atom is -0.329 e. The molecule has 2 aromatic rings. The number of nitrogens with two attached hydrogens (primary N) is 1. The van der Waals surface area contributed by atoms with Gasteiger partial charge < -0.3 is 5.73 Å². The van der Waals surface area contributed by atoms with Gasteiger partial charge in [-0.1, -0.05) is 36.4 Å². The Morgan fingerprint density at radius 3 is 2.50 bits per heavy atom. The highest BCUT2D eigenvalue weighted by Gasteiger charge is 2.34. The second-order valence-electron chi connectivity index (χ2n) is 6.09. The molecular weight excluding hydrogens is 244 g/mol. The van der Waals surface area contributed by atoms with Gasteiger partial charge in [-0.25, -0.2) is 0 Å². The molecule has 20 heavy (non-hydrogen) atoms. The molecule has 0 aliphatic heterocycles. The third-order valence-corrected chi connectivity index (χ3v) is 4.80. The summed E-state index contributed by atoms with van der Waals surface area (Å²) in [5.41, 5.74) is 7.36. The van der Waals surface area contributed by atoms with E-state index < -0.39 is 0 Å². The minimum absolute atomic E-state index is 0.411. The Morgan fingerprint density at radius 1 is 1.15 bits per heavy atom. The van der Waals surface area contributed by atoms with Crippen molar-refractivity contribution in [1.82, 2.24) is 4.90 Å². The first-order valence-corrected chi connectivity index (χ1v) is 7.61. The van der Waals surface area contributed by atoms with Crippen LogP contribution in [0, 0.1) is 5.92 Å². The molecule has 106 valence electrons. The zero-order valence-corrected chi connectivity index (χ0v) is 12.4. The van der Waals surface area contributed by atoms with Gasteiger partial charge >= 0.3 is 0 Å². The standard InChI is InChI=1S/C18H24N2/c1-13(20(2)18(12-19)15-8-9-15)16-10-7-14-5-3-4-6-17(14)11-16/h3-7,10-11,13,15,18H,8-9,12,19H2,1-2H3. The maximum Gasteiger partial charge on any atom is 0.0320 e. The van der Waals surface area contributed by atoms with E-state index in [2.05, 4.69) is 61.3 Å². The van der Waals surface area contributed by atoms with Crippen LogP contribution in [0.1, 0.15) is 31.4 Å². The molecular formula is C18H24N2. The van der Waals surface area contributed by atoms with Crippen LogP contribution in [0.25, 0.3) is 10.8 Å². The lowest BCUT2D eigenvalue weighted by Gasteiger charge is -2.33. The number of benzene rings is 2. The molecule has 2 nitrogen and oxygen atoms in total. The molecule has 0 bridgehead atoms. The molecule has 0 aromatic heterocycles. The predicted molar refractivity (Wildman–Crippen MR) is 85.7 cm³/mol. The summed E-state index contributed by atoms with van der Waals surface area (Å²) < 4.78 is 0. The topological polar surface area (TPSA) is 29.3 Å². The summed E-state index contributed by atoms with van der Waals surface area (Å²) >= 11 is 0. The van der Waals surface area contributed by atoms with Crippen LogP contribution in [0.4, 0.5) is 0 Å². The van der Waals surface area contributed by atoms with Crippen LogP contribution in [0.15, 0.2) is 42.5 Å². The number of rotatable bonds is 5. The van der Waals surface area contributed by atoms with E-state index in [4.69, 9.17) is 5.73 Å². The number of nitrogens with zero attached hydrogens (tertiary/aromatic N) is 1. The molecule has 0 saturated heterocycles. The van der Waals surface area contributed by atoms with Gasteiger partial charge in [0.1, 0.15) is 0 Å². The van der Waals surface area contributed by atoms with Gasteiger partial charge in [-0.15, -0.1) is 0 Å². The van der Waals surface area contributed by atoms with Gasteiger partial charge in [0.2, 0.25) is 0 Å². The summed E-state index contributed by atoms with van der Waals surface area (Å²) in [4.78, 5) is 2.46. The van der Waals surface area contributed by atoms with Gasteiger partial charge in [-0.3, -0.25) is 4.90 Å². The number of fused-ring (bicyclic) bond motifs is 1. The summed E-state index contributed by atoms with van der Waals surface area (Å²) in [5, 5.41) is 2.63. The van der Waals surface area contributed by atoms with Crippen molar-refractivity contribution in [3.8, 4) is 0 Å². The SMILES string of the molecule is CC(c1ccc2ccccc2c1)N(C)C(CN)C1CC1. The molecule has 1 aliphatic rings. The van der Waals surface area contributed by atoms with Crippen molar-refractivity contribution in [1.29, 1.82) is 0 Å². The molecule has 0 heterocycles. The summed E-state index contributed by atoms with van der Waals surface area (Å²) in [7, 11) is 2.22. The van der Waals surface area contributed by atoms with Crippen molar-refractivity contribution in [3.63, 3.8) is 0 Å². The number of likely N-dealkylation sites (N-methyl/N-ethyl adjacent to an activating group) is 1. The highest BCUT2D eigenvalue weighted by Crippen LogP contribution is 2.37. The van der Waals surface area contributed by atoms with Crippen molar-refractivity contribution in [3.05, 3.63) is 48.0 Å². The van der Waals surface area contributed by atoms with Crippen LogP contribution >= 0.6 is 0 Å². The smallest absolute Gasteiger partial charge is 0.0320 e. The van der Waals surface area contributed by atoms with E-state index in [9.17, 15) is 0 Å². The van der Waals surface area contributed by atoms with E-state index in [0.717, 1.165) is 12.5 Å². The first kappa shape index (κ1) is 13.6. The lowest BCUT2D eigenvalue weighted by atomic mass is 10.00. The molecule has 1 saturated carbocycles. The Bertz CT molecular complexity index is 589. The van der Waals surface area contributed by atoms with Crippen molar-refractivity contribution in [2.24, 2.45) is 11.7 Å². The lowest BCUT2D eigenvalue weighted by molar-refractivity contribution is 0.170. The fourth-order valence-corrected chi connectivity index (χ4v) is 3.16. The maximum absolute atomic E-state index is 5.98.